The van der Waals surface area contributed by atoms with E-state index < -0.39 is 5.91 Å². The van der Waals surface area contributed by atoms with Crippen molar-refractivity contribution in [3.8, 4) is 0 Å². The van der Waals surface area contributed by atoms with Gasteiger partial charge in [-0.05, 0) is 26.7 Å². The normalized spacial score (nSPS) is 15.2. The van der Waals surface area contributed by atoms with Gasteiger partial charge in [0.05, 0.1) is 5.71 Å². The molecule has 0 unspecified atom stereocenters. The van der Waals surface area contributed by atoms with Crippen LogP contribution in [-0.4, -0.2) is 22.7 Å². The maximum absolute atomic E-state index is 12.4. The Hall–Kier alpha value is -3.10. The van der Waals surface area contributed by atoms with Gasteiger partial charge < -0.3 is 25.7 Å². The topological polar surface area (TPSA) is 145 Å². The van der Waals surface area contributed by atoms with Gasteiger partial charge in [0.25, 0.3) is 5.91 Å². The molecule has 3 rings (SSSR count). The number of nitrogens with zero attached hydrogens (tertiary/aromatic N) is 3. The third-order valence-electron chi connectivity index (χ3n) is 3.69. The number of nitrogens with two attached hydrogens (primary N) is 2. The molecule has 0 bridgehead atoms. The molecule has 0 aliphatic heterocycles. The average Bonchev–Trinajstić information content (AvgIpc) is 3.09. The molecule has 1 amide bonds. The minimum Gasteiger partial charge on any atom is -0.455 e. The number of fused-ring (bicyclic) bond motifs is 1. The number of carbonyl (C=O) groups excluding carboxylic acids is 1. The molecule has 0 radical (unpaired) electrons. The highest BCUT2D eigenvalue weighted by molar-refractivity contribution is 6.09. The Morgan fingerprint density at radius 3 is 2.79 bits per heavy atom. The molecule has 0 saturated heterocycles. The second-order valence-corrected chi connectivity index (χ2v) is 5.56. The first kappa shape index (κ1) is 15.8. The summed E-state index contributed by atoms with van der Waals surface area (Å²) in [6.45, 7) is 3.55. The molecule has 5 N–H and O–H groups in total. The highest BCUT2D eigenvalue weighted by atomic mass is 16.5. The lowest BCUT2D eigenvalue weighted by atomic mass is 9.93. The van der Waals surface area contributed by atoms with Gasteiger partial charge in [-0.15, -0.1) is 5.10 Å². The molecule has 0 aromatic carbocycles. The van der Waals surface area contributed by atoms with Crippen LogP contribution >= 0.6 is 0 Å². The number of rotatable bonds is 3. The standard InChI is InChI=1S/C15H18N6O3/c1-7-6-11(21-24-7)18-14(22)13-8(2)12-9(19-20-15(16)17)4-3-5-10(12)23-13/h6H,3-5H2,1-2H3,(H4,16,17,20)(H,18,21,22)/b19-9+. The van der Waals surface area contributed by atoms with Crippen molar-refractivity contribution in [3.63, 3.8) is 0 Å². The fraction of sp³-hybridized carbons (Fsp3) is 0.333. The maximum atomic E-state index is 12.4. The number of aryl methyl sites for hydroxylation is 2. The van der Waals surface area contributed by atoms with Crippen molar-refractivity contribution in [1.82, 2.24) is 5.16 Å². The number of hydrogen-bond donors (Lipinski definition) is 3. The summed E-state index contributed by atoms with van der Waals surface area (Å²) < 4.78 is 10.7. The highest BCUT2D eigenvalue weighted by Crippen LogP contribution is 2.30. The Morgan fingerprint density at radius 2 is 2.12 bits per heavy atom. The first-order valence-electron chi connectivity index (χ1n) is 7.48. The van der Waals surface area contributed by atoms with Crippen LogP contribution in [-0.2, 0) is 6.42 Å². The molecule has 1 aliphatic carbocycles. The number of hydrogen-bond acceptors (Lipinski definition) is 6. The summed E-state index contributed by atoms with van der Waals surface area (Å²) in [7, 11) is 0. The average molecular weight is 330 g/mol. The molecule has 9 heteroatoms. The molecular weight excluding hydrogens is 312 g/mol. The van der Waals surface area contributed by atoms with Gasteiger partial charge in [0.2, 0.25) is 5.96 Å². The van der Waals surface area contributed by atoms with E-state index in [0.29, 0.717) is 35.0 Å². The number of nitrogens with one attached hydrogen (secondary N) is 1. The molecule has 9 nitrogen and oxygen atoms in total. The number of guanidine groups is 1. The van der Waals surface area contributed by atoms with Crippen LogP contribution in [0.4, 0.5) is 5.82 Å². The summed E-state index contributed by atoms with van der Waals surface area (Å²) in [6.07, 6.45) is 2.30. The molecule has 1 aliphatic rings. The zero-order chi connectivity index (χ0) is 17.3. The predicted octanol–water partition coefficient (Wildman–Crippen LogP) is 1.45. The van der Waals surface area contributed by atoms with Crippen molar-refractivity contribution in [3.05, 3.63) is 34.5 Å². The van der Waals surface area contributed by atoms with Crippen molar-refractivity contribution in [1.29, 1.82) is 0 Å². The van der Waals surface area contributed by atoms with E-state index in [0.717, 1.165) is 18.4 Å². The lowest BCUT2D eigenvalue weighted by molar-refractivity contribution is 0.0993. The lowest BCUT2D eigenvalue weighted by Crippen LogP contribution is -2.22. The summed E-state index contributed by atoms with van der Waals surface area (Å²) in [5.41, 5.74) is 12.9. The zero-order valence-electron chi connectivity index (χ0n) is 13.4. The van der Waals surface area contributed by atoms with Crippen LogP contribution in [0.15, 0.2) is 25.2 Å². The molecule has 126 valence electrons. The Labute approximate surface area is 137 Å². The first-order valence-corrected chi connectivity index (χ1v) is 7.48. The van der Waals surface area contributed by atoms with Gasteiger partial charge in [-0.2, -0.15) is 5.10 Å². The van der Waals surface area contributed by atoms with E-state index >= 15 is 0 Å². The summed E-state index contributed by atoms with van der Waals surface area (Å²) in [4.78, 5) is 12.4. The molecule has 0 saturated carbocycles. The van der Waals surface area contributed by atoms with Crippen LogP contribution in [0.25, 0.3) is 0 Å². The molecule has 2 aromatic heterocycles. The Morgan fingerprint density at radius 1 is 1.33 bits per heavy atom. The third-order valence-corrected chi connectivity index (χ3v) is 3.69. The van der Waals surface area contributed by atoms with Crippen molar-refractivity contribution in [2.75, 3.05) is 5.32 Å². The highest BCUT2D eigenvalue weighted by Gasteiger charge is 2.28. The summed E-state index contributed by atoms with van der Waals surface area (Å²) >= 11 is 0. The van der Waals surface area contributed by atoms with Crippen molar-refractivity contribution in [2.24, 2.45) is 21.7 Å². The van der Waals surface area contributed by atoms with Crippen LogP contribution in [0.5, 0.6) is 0 Å². The second kappa shape index (κ2) is 6.19. The van der Waals surface area contributed by atoms with Gasteiger partial charge in [-0.3, -0.25) is 4.79 Å². The van der Waals surface area contributed by atoms with E-state index in [1.54, 1.807) is 13.0 Å². The minimum atomic E-state index is -0.392. The number of furan rings is 1. The van der Waals surface area contributed by atoms with Crippen LogP contribution in [0.1, 0.15) is 46.0 Å². The monoisotopic (exact) mass is 330 g/mol. The van der Waals surface area contributed by atoms with Gasteiger partial charge in [-0.1, -0.05) is 5.16 Å². The van der Waals surface area contributed by atoms with Crippen molar-refractivity contribution in [2.45, 2.75) is 33.1 Å². The van der Waals surface area contributed by atoms with Gasteiger partial charge >= 0.3 is 0 Å². The number of aromatic nitrogens is 1. The van der Waals surface area contributed by atoms with E-state index in [1.807, 2.05) is 6.92 Å². The van der Waals surface area contributed by atoms with E-state index in [4.69, 9.17) is 20.4 Å². The van der Waals surface area contributed by atoms with Crippen molar-refractivity contribution < 1.29 is 13.7 Å². The van der Waals surface area contributed by atoms with E-state index in [-0.39, 0.29) is 11.7 Å². The van der Waals surface area contributed by atoms with E-state index in [2.05, 4.69) is 20.7 Å². The second-order valence-electron chi connectivity index (χ2n) is 5.56. The molecule has 0 spiro atoms. The Balaban J connectivity index is 1.93. The van der Waals surface area contributed by atoms with Crippen LogP contribution in [0.2, 0.25) is 0 Å². The van der Waals surface area contributed by atoms with Gasteiger partial charge in [0, 0.05) is 23.6 Å². The molecule has 2 aromatic rings. The summed E-state index contributed by atoms with van der Waals surface area (Å²) in [6, 6.07) is 1.63. The first-order chi connectivity index (χ1) is 11.5. The number of carbonyl (C=O) groups is 1. The third kappa shape index (κ3) is 3.00. The van der Waals surface area contributed by atoms with E-state index in [1.165, 1.54) is 0 Å². The van der Waals surface area contributed by atoms with Crippen LogP contribution < -0.4 is 16.8 Å². The van der Waals surface area contributed by atoms with Gasteiger partial charge in [-0.25, -0.2) is 0 Å². The van der Waals surface area contributed by atoms with Crippen LogP contribution in [0, 0.1) is 13.8 Å². The fourth-order valence-electron chi connectivity index (χ4n) is 2.70. The molecular formula is C15H18N6O3. The predicted molar refractivity (Wildman–Crippen MR) is 87.9 cm³/mol. The quantitative estimate of drug-likeness (QED) is 0.441. The SMILES string of the molecule is Cc1cc(NC(=O)c2oc3c(c2C)/C(=N/N=C(N)N)CCC3)no1. The Bertz CT molecular complexity index is 842. The Kier molecular flexibility index (Phi) is 4.07. The minimum absolute atomic E-state index is 0.116. The number of amides is 1. The molecule has 2 heterocycles. The molecule has 0 fully saturated rings. The van der Waals surface area contributed by atoms with Crippen molar-refractivity contribution >= 4 is 23.4 Å². The smallest absolute Gasteiger partial charge is 0.292 e. The number of anilines is 1. The molecule has 0 atom stereocenters. The summed E-state index contributed by atoms with van der Waals surface area (Å²) in [5.74, 6) is 1.37. The summed E-state index contributed by atoms with van der Waals surface area (Å²) in [5, 5.41) is 14.2. The van der Waals surface area contributed by atoms with Crippen LogP contribution in [0.3, 0.4) is 0 Å². The molecule has 24 heavy (non-hydrogen) atoms. The maximum Gasteiger partial charge on any atom is 0.292 e. The lowest BCUT2D eigenvalue weighted by Gasteiger charge is -2.11. The van der Waals surface area contributed by atoms with Gasteiger partial charge in [0.1, 0.15) is 11.5 Å². The van der Waals surface area contributed by atoms with Gasteiger partial charge in [0.15, 0.2) is 11.6 Å². The zero-order valence-corrected chi connectivity index (χ0v) is 13.4. The largest absolute Gasteiger partial charge is 0.455 e. The fourth-order valence-corrected chi connectivity index (χ4v) is 2.70. The van der Waals surface area contributed by atoms with E-state index in [9.17, 15) is 4.79 Å².